The van der Waals surface area contributed by atoms with E-state index in [1.54, 1.807) is 27.8 Å². The summed E-state index contributed by atoms with van der Waals surface area (Å²) in [6.45, 7) is 0.924. The average molecular weight is 404 g/mol. The molecule has 0 aliphatic rings. The fourth-order valence-corrected chi connectivity index (χ4v) is 4.18. The van der Waals surface area contributed by atoms with Gasteiger partial charge in [0.05, 0.1) is 0 Å². The highest BCUT2D eigenvalue weighted by atomic mass is 33.1. The number of carbonyl (C=O) groups excluding carboxylic acids is 2. The second kappa shape index (κ2) is 13.2. The Labute approximate surface area is 168 Å². The van der Waals surface area contributed by atoms with E-state index < -0.39 is 0 Å². The number of hydrogen-bond donors (Lipinski definition) is 2. The highest BCUT2D eigenvalue weighted by Crippen LogP contribution is 2.29. The van der Waals surface area contributed by atoms with Crippen LogP contribution in [0, 0.1) is 0 Å². The summed E-state index contributed by atoms with van der Waals surface area (Å²) in [5, 5.41) is 6.61. The molecule has 2 N–H and O–H groups in total. The van der Waals surface area contributed by atoms with Crippen molar-refractivity contribution in [2.24, 2.45) is 0 Å². The van der Waals surface area contributed by atoms with Crippen molar-refractivity contribution < 1.29 is 9.59 Å². The Bertz CT molecular complexity index is 684. The molecule has 1 aromatic heterocycles. The highest BCUT2D eigenvalue weighted by molar-refractivity contribution is 8.76. The molecule has 0 saturated carbocycles. The molecule has 0 radical (unpaired) electrons. The van der Waals surface area contributed by atoms with E-state index in [9.17, 15) is 9.59 Å². The first-order valence-electron chi connectivity index (χ1n) is 9.02. The number of nitrogens with one attached hydrogen (secondary N) is 2. The van der Waals surface area contributed by atoms with Crippen LogP contribution in [0.1, 0.15) is 24.8 Å². The van der Waals surface area contributed by atoms with Gasteiger partial charge in [0.1, 0.15) is 5.03 Å². The fourth-order valence-electron chi connectivity index (χ4n) is 2.31. The first-order valence-corrected chi connectivity index (χ1v) is 11.3. The Morgan fingerprint density at radius 1 is 0.889 bits per heavy atom. The van der Waals surface area contributed by atoms with Gasteiger partial charge in [-0.3, -0.25) is 9.59 Å². The van der Waals surface area contributed by atoms with Crippen LogP contribution < -0.4 is 10.6 Å². The van der Waals surface area contributed by atoms with Crippen LogP contribution in [0.25, 0.3) is 0 Å². The minimum Gasteiger partial charge on any atom is -0.354 e. The van der Waals surface area contributed by atoms with Crippen LogP contribution in [0.2, 0.25) is 0 Å². The lowest BCUT2D eigenvalue weighted by atomic mass is 10.1. The summed E-state index contributed by atoms with van der Waals surface area (Å²) in [6, 6.07) is 15.9. The van der Waals surface area contributed by atoms with Crippen LogP contribution in [0.4, 0.5) is 0 Å². The zero-order valence-electron chi connectivity index (χ0n) is 15.2. The molecule has 5 nitrogen and oxygen atoms in total. The third kappa shape index (κ3) is 10.1. The van der Waals surface area contributed by atoms with Crippen molar-refractivity contribution in [2.75, 3.05) is 18.8 Å². The van der Waals surface area contributed by atoms with Crippen molar-refractivity contribution in [3.63, 3.8) is 0 Å². The predicted molar refractivity (Wildman–Crippen MR) is 113 cm³/mol. The van der Waals surface area contributed by atoms with Crippen LogP contribution in [-0.2, 0) is 16.0 Å². The molecular weight excluding hydrogens is 378 g/mol. The smallest absolute Gasteiger partial charge is 0.220 e. The summed E-state index contributed by atoms with van der Waals surface area (Å²) >= 11 is 0. The molecule has 0 atom stereocenters. The normalized spacial score (nSPS) is 10.4. The lowest BCUT2D eigenvalue weighted by Crippen LogP contribution is -2.34. The van der Waals surface area contributed by atoms with Crippen LogP contribution >= 0.6 is 21.6 Å². The molecule has 2 rings (SSSR count). The van der Waals surface area contributed by atoms with Gasteiger partial charge in [-0.05, 0) is 41.3 Å². The molecule has 2 amide bonds. The van der Waals surface area contributed by atoms with Gasteiger partial charge >= 0.3 is 0 Å². The largest absolute Gasteiger partial charge is 0.354 e. The molecule has 1 aromatic carbocycles. The molecule has 0 fully saturated rings. The lowest BCUT2D eigenvalue weighted by molar-refractivity contribution is -0.122. The summed E-state index contributed by atoms with van der Waals surface area (Å²) in [4.78, 5) is 27.8. The van der Waals surface area contributed by atoms with Crippen molar-refractivity contribution in [3.05, 3.63) is 60.3 Å². The molecule has 0 aliphatic heterocycles. The van der Waals surface area contributed by atoms with Gasteiger partial charge in [-0.1, -0.05) is 47.2 Å². The minimum atomic E-state index is 0.00227. The third-order valence-electron chi connectivity index (χ3n) is 3.68. The Hall–Kier alpha value is -1.99. The summed E-state index contributed by atoms with van der Waals surface area (Å²) in [6.07, 6.45) is 4.44. The molecular formula is C20H25N3O2S2. The average Bonchev–Trinajstić information content (AvgIpc) is 2.70. The van der Waals surface area contributed by atoms with Crippen molar-refractivity contribution >= 4 is 33.4 Å². The van der Waals surface area contributed by atoms with Crippen molar-refractivity contribution in [1.82, 2.24) is 15.6 Å². The van der Waals surface area contributed by atoms with Crippen molar-refractivity contribution in [2.45, 2.75) is 30.7 Å². The Morgan fingerprint density at radius 3 is 2.30 bits per heavy atom. The maximum absolute atomic E-state index is 11.8. The zero-order valence-corrected chi connectivity index (χ0v) is 16.9. The maximum Gasteiger partial charge on any atom is 0.220 e. The number of carbonyl (C=O) groups is 2. The number of pyridine rings is 1. The van der Waals surface area contributed by atoms with E-state index in [4.69, 9.17) is 0 Å². The van der Waals surface area contributed by atoms with Gasteiger partial charge < -0.3 is 10.6 Å². The number of amides is 2. The molecule has 0 unspecified atom stereocenters. The molecule has 2 aromatic rings. The summed E-state index contributed by atoms with van der Waals surface area (Å²) in [7, 11) is 3.18. The number of nitrogens with zero attached hydrogens (tertiary/aromatic N) is 1. The summed E-state index contributed by atoms with van der Waals surface area (Å²) in [5.74, 6) is 0.754. The SMILES string of the molecule is O=C(CCCc1ccccc1)NCCNC(=O)CCSSc1ccccn1. The van der Waals surface area contributed by atoms with Gasteiger partial charge in [-0.25, -0.2) is 4.98 Å². The standard InChI is InChI=1S/C20H25N3O2S2/c24-18(10-6-9-17-7-2-1-3-8-17)21-14-15-22-19(25)12-16-26-27-20-11-4-5-13-23-20/h1-5,7-8,11,13H,6,9-10,12,14-16H2,(H,21,24)(H,22,25). The number of hydrogen-bond acceptors (Lipinski definition) is 5. The second-order valence-electron chi connectivity index (χ2n) is 5.86. The van der Waals surface area contributed by atoms with Gasteiger partial charge in [-0.15, -0.1) is 0 Å². The van der Waals surface area contributed by atoms with E-state index in [-0.39, 0.29) is 11.8 Å². The summed E-state index contributed by atoms with van der Waals surface area (Å²) in [5.41, 5.74) is 1.25. The molecule has 1 heterocycles. The number of aromatic nitrogens is 1. The molecule has 27 heavy (non-hydrogen) atoms. The third-order valence-corrected chi connectivity index (χ3v) is 5.94. The zero-order chi connectivity index (χ0) is 19.2. The molecule has 0 spiro atoms. The van der Waals surface area contributed by atoms with Gasteiger partial charge in [0.25, 0.3) is 0 Å². The van der Waals surface area contributed by atoms with Crippen LogP contribution in [0.3, 0.4) is 0 Å². The topological polar surface area (TPSA) is 71.1 Å². The quantitative estimate of drug-likeness (QED) is 0.419. The van der Waals surface area contributed by atoms with E-state index >= 15 is 0 Å². The molecule has 0 bridgehead atoms. The number of aryl methyl sites for hydroxylation is 1. The van der Waals surface area contributed by atoms with E-state index in [1.165, 1.54) is 5.56 Å². The summed E-state index contributed by atoms with van der Waals surface area (Å²) < 4.78 is 0. The molecule has 144 valence electrons. The van der Waals surface area contributed by atoms with Gasteiger partial charge in [0.2, 0.25) is 11.8 Å². The Kier molecular flexibility index (Phi) is 10.4. The van der Waals surface area contributed by atoms with Crippen LogP contribution in [-0.4, -0.2) is 35.6 Å². The van der Waals surface area contributed by atoms with Gasteiger partial charge in [0, 0.05) is 37.9 Å². The molecule has 7 heteroatoms. The van der Waals surface area contributed by atoms with Gasteiger partial charge in [0.15, 0.2) is 0 Å². The van der Waals surface area contributed by atoms with Crippen LogP contribution in [0.15, 0.2) is 59.8 Å². The van der Waals surface area contributed by atoms with Crippen LogP contribution in [0.5, 0.6) is 0 Å². The lowest BCUT2D eigenvalue weighted by Gasteiger charge is -2.07. The number of benzene rings is 1. The molecule has 0 aliphatic carbocycles. The van der Waals surface area contributed by atoms with Crippen molar-refractivity contribution in [3.8, 4) is 0 Å². The number of rotatable bonds is 12. The first-order chi connectivity index (χ1) is 13.2. The first kappa shape index (κ1) is 21.3. The van der Waals surface area contributed by atoms with Gasteiger partial charge in [-0.2, -0.15) is 0 Å². The Balaban J connectivity index is 1.43. The predicted octanol–water partition coefficient (Wildman–Crippen LogP) is 3.47. The monoisotopic (exact) mass is 403 g/mol. The van der Waals surface area contributed by atoms with E-state index in [1.807, 2.05) is 36.4 Å². The van der Waals surface area contributed by atoms with E-state index in [0.717, 1.165) is 23.6 Å². The van der Waals surface area contributed by atoms with Crippen molar-refractivity contribution in [1.29, 1.82) is 0 Å². The highest BCUT2D eigenvalue weighted by Gasteiger charge is 2.04. The maximum atomic E-state index is 11.8. The minimum absolute atomic E-state index is 0.00227. The fraction of sp³-hybridized carbons (Fsp3) is 0.350. The van der Waals surface area contributed by atoms with E-state index in [0.29, 0.717) is 25.9 Å². The second-order valence-corrected chi connectivity index (χ2v) is 8.30. The Morgan fingerprint density at radius 2 is 1.59 bits per heavy atom. The van der Waals surface area contributed by atoms with E-state index in [2.05, 4.69) is 27.8 Å². The molecule has 0 saturated heterocycles.